The van der Waals surface area contributed by atoms with Gasteiger partial charge in [0.2, 0.25) is 5.91 Å². The molecule has 1 amide bonds. The summed E-state index contributed by atoms with van der Waals surface area (Å²) in [6.45, 7) is -1.40. The summed E-state index contributed by atoms with van der Waals surface area (Å²) in [5.74, 6) is -2.03. The second-order valence-electron chi connectivity index (χ2n) is 10.1. The molecule has 4 N–H and O–H groups in total. The number of carbonyl (C=O) groups is 1. The topological polar surface area (TPSA) is 131 Å². The number of nitrogens with one attached hydrogen (secondary N) is 1. The molecule has 0 radical (unpaired) electrons. The SMILES string of the molecule is CC1(NC(=O)[C@@H]2CCC(=C(N)c3cc(OC(F)F)ccc3F)C(=N[C@@H]3CCCC3O)C2)CS(=O)(=O)C1. The van der Waals surface area contributed by atoms with Crippen LogP contribution in [-0.4, -0.2) is 60.9 Å². The number of hydrogen-bond acceptors (Lipinski definition) is 7. The number of aliphatic imine (C=N–C) groups is 1. The Morgan fingerprint density at radius 2 is 2.00 bits per heavy atom. The number of allylic oxidation sites excluding steroid dienone is 1. The molecule has 3 aliphatic rings. The molecule has 0 spiro atoms. The van der Waals surface area contributed by atoms with Gasteiger partial charge in [-0.1, -0.05) is 0 Å². The number of alkyl halides is 2. The number of carbonyl (C=O) groups excluding carboxylic acids is 1. The predicted molar refractivity (Wildman–Crippen MR) is 128 cm³/mol. The standard InChI is InChI=1S/C24H30F3N3O5S/c1-24(11-36(33,34)12-24)30-22(32)13-5-7-15(19(9-13)29-18-3-2-4-20(18)31)21(28)16-10-14(35-23(26)27)6-8-17(16)25/h6,8,10,13,18,20,23,31H,2-5,7,9,11-12,28H2,1H3,(H,30,32)/t13-,18-,20?/m1/s1. The molecule has 4 rings (SSSR count). The highest BCUT2D eigenvalue weighted by Gasteiger charge is 2.46. The van der Waals surface area contributed by atoms with E-state index < -0.39 is 45.9 Å². The second-order valence-corrected chi connectivity index (χ2v) is 12.1. The van der Waals surface area contributed by atoms with E-state index in [-0.39, 0.29) is 47.3 Å². The van der Waals surface area contributed by atoms with Crippen LogP contribution in [-0.2, 0) is 14.6 Å². The molecule has 1 aliphatic heterocycles. The summed E-state index contributed by atoms with van der Waals surface area (Å²) in [5.41, 5.74) is 6.36. The van der Waals surface area contributed by atoms with Gasteiger partial charge in [-0.05, 0) is 62.8 Å². The monoisotopic (exact) mass is 529 g/mol. The smallest absolute Gasteiger partial charge is 0.387 e. The first kappa shape index (κ1) is 26.5. The van der Waals surface area contributed by atoms with E-state index in [1.54, 1.807) is 6.92 Å². The zero-order chi connectivity index (χ0) is 26.3. The normalized spacial score (nSPS) is 29.6. The van der Waals surface area contributed by atoms with E-state index in [0.717, 1.165) is 24.6 Å². The lowest BCUT2D eigenvalue weighted by atomic mass is 9.81. The Morgan fingerprint density at radius 1 is 1.28 bits per heavy atom. The quantitative estimate of drug-likeness (QED) is 0.519. The Balaban J connectivity index is 1.63. The van der Waals surface area contributed by atoms with Crippen molar-refractivity contribution in [2.45, 2.75) is 69.7 Å². The first-order valence-corrected chi connectivity index (χ1v) is 13.7. The van der Waals surface area contributed by atoms with Gasteiger partial charge in [-0.3, -0.25) is 9.79 Å². The number of ether oxygens (including phenoxy) is 1. The van der Waals surface area contributed by atoms with Gasteiger partial charge in [0.25, 0.3) is 0 Å². The number of nitrogens with two attached hydrogens (primary N) is 1. The van der Waals surface area contributed by atoms with Crippen LogP contribution in [0.1, 0.15) is 51.0 Å². The molecule has 1 aromatic carbocycles. The molecular formula is C24H30F3N3O5S. The minimum absolute atomic E-state index is 0.00867. The molecule has 0 aromatic heterocycles. The molecular weight excluding hydrogens is 499 g/mol. The maximum Gasteiger partial charge on any atom is 0.387 e. The molecule has 3 fully saturated rings. The molecule has 1 aromatic rings. The molecule has 1 saturated heterocycles. The van der Waals surface area contributed by atoms with Crippen LogP contribution < -0.4 is 15.8 Å². The molecule has 36 heavy (non-hydrogen) atoms. The second kappa shape index (κ2) is 10.0. The van der Waals surface area contributed by atoms with E-state index in [1.807, 2.05) is 0 Å². The fourth-order valence-electron chi connectivity index (χ4n) is 5.29. The van der Waals surface area contributed by atoms with Gasteiger partial charge >= 0.3 is 6.61 Å². The van der Waals surface area contributed by atoms with Crippen LogP contribution in [0, 0.1) is 11.7 Å². The number of aliphatic hydroxyl groups excluding tert-OH is 1. The zero-order valence-electron chi connectivity index (χ0n) is 19.8. The van der Waals surface area contributed by atoms with Crippen LogP contribution in [0.5, 0.6) is 5.75 Å². The third kappa shape index (κ3) is 5.86. The van der Waals surface area contributed by atoms with Gasteiger partial charge in [0.15, 0.2) is 9.84 Å². The molecule has 12 heteroatoms. The Labute approximate surface area is 207 Å². The van der Waals surface area contributed by atoms with Crippen molar-refractivity contribution in [1.82, 2.24) is 5.32 Å². The number of aliphatic hydroxyl groups is 1. The van der Waals surface area contributed by atoms with Crippen molar-refractivity contribution in [3.63, 3.8) is 0 Å². The molecule has 0 bridgehead atoms. The fraction of sp³-hybridized carbons (Fsp3) is 0.583. The van der Waals surface area contributed by atoms with E-state index in [0.29, 0.717) is 30.5 Å². The lowest BCUT2D eigenvalue weighted by Gasteiger charge is -2.40. The number of benzene rings is 1. The van der Waals surface area contributed by atoms with Gasteiger partial charge in [-0.2, -0.15) is 8.78 Å². The van der Waals surface area contributed by atoms with E-state index >= 15 is 0 Å². The highest BCUT2D eigenvalue weighted by atomic mass is 32.2. The van der Waals surface area contributed by atoms with Gasteiger partial charge in [-0.15, -0.1) is 0 Å². The first-order chi connectivity index (χ1) is 16.9. The van der Waals surface area contributed by atoms with Crippen molar-refractivity contribution in [1.29, 1.82) is 0 Å². The van der Waals surface area contributed by atoms with Gasteiger partial charge in [-0.25, -0.2) is 12.8 Å². The molecule has 2 saturated carbocycles. The summed E-state index contributed by atoms with van der Waals surface area (Å²) in [6, 6.07) is 2.78. The summed E-state index contributed by atoms with van der Waals surface area (Å²) in [6.07, 6.45) is 2.17. The van der Waals surface area contributed by atoms with Crippen molar-refractivity contribution in [2.75, 3.05) is 11.5 Å². The van der Waals surface area contributed by atoms with Crippen molar-refractivity contribution < 1.29 is 36.2 Å². The molecule has 8 nitrogen and oxygen atoms in total. The number of nitrogens with zero attached hydrogens (tertiary/aromatic N) is 1. The van der Waals surface area contributed by atoms with E-state index in [9.17, 15) is 31.5 Å². The molecule has 198 valence electrons. The van der Waals surface area contributed by atoms with E-state index in [2.05, 4.69) is 10.1 Å². The van der Waals surface area contributed by atoms with Crippen molar-refractivity contribution in [2.24, 2.45) is 16.6 Å². The Morgan fingerprint density at radius 3 is 2.61 bits per heavy atom. The Hall–Kier alpha value is -2.60. The number of sulfone groups is 1. The summed E-state index contributed by atoms with van der Waals surface area (Å²) >= 11 is 0. The van der Waals surface area contributed by atoms with Crippen molar-refractivity contribution in [3.05, 3.63) is 35.2 Å². The maximum absolute atomic E-state index is 14.7. The minimum atomic E-state index is -3.15. The Bertz CT molecular complexity index is 1190. The zero-order valence-corrected chi connectivity index (χ0v) is 20.7. The van der Waals surface area contributed by atoms with Gasteiger partial charge in [0.05, 0.1) is 29.2 Å². The molecule has 2 aliphatic carbocycles. The number of rotatable bonds is 6. The van der Waals surface area contributed by atoms with Gasteiger partial charge in [0, 0.05) is 29.3 Å². The van der Waals surface area contributed by atoms with Crippen LogP contribution in [0.4, 0.5) is 13.2 Å². The van der Waals surface area contributed by atoms with Crippen LogP contribution in [0.3, 0.4) is 0 Å². The molecule has 3 atom stereocenters. The minimum Gasteiger partial charge on any atom is -0.435 e. The number of amides is 1. The summed E-state index contributed by atoms with van der Waals surface area (Å²) in [5, 5.41) is 13.1. The maximum atomic E-state index is 14.7. The largest absolute Gasteiger partial charge is 0.435 e. The number of halogens is 3. The average Bonchev–Trinajstić information content (AvgIpc) is 3.17. The van der Waals surface area contributed by atoms with Gasteiger partial charge < -0.3 is 20.9 Å². The van der Waals surface area contributed by atoms with E-state index in [4.69, 9.17) is 10.7 Å². The average molecular weight is 530 g/mol. The van der Waals surface area contributed by atoms with Crippen LogP contribution >= 0.6 is 0 Å². The van der Waals surface area contributed by atoms with E-state index in [1.165, 1.54) is 0 Å². The van der Waals surface area contributed by atoms with Crippen molar-refractivity contribution in [3.8, 4) is 5.75 Å². The summed E-state index contributed by atoms with van der Waals surface area (Å²) in [7, 11) is -3.15. The lowest BCUT2D eigenvalue weighted by Crippen LogP contribution is -2.64. The first-order valence-electron chi connectivity index (χ1n) is 11.9. The third-order valence-electron chi connectivity index (χ3n) is 6.95. The summed E-state index contributed by atoms with van der Waals surface area (Å²) < 4.78 is 67.6. The lowest BCUT2D eigenvalue weighted by molar-refractivity contribution is -0.126. The van der Waals surface area contributed by atoms with Crippen molar-refractivity contribution >= 4 is 27.2 Å². The van der Waals surface area contributed by atoms with Crippen LogP contribution in [0.25, 0.3) is 5.70 Å². The highest BCUT2D eigenvalue weighted by molar-refractivity contribution is 7.93. The third-order valence-corrected chi connectivity index (χ3v) is 9.10. The highest BCUT2D eigenvalue weighted by Crippen LogP contribution is 2.35. The molecule has 1 heterocycles. The van der Waals surface area contributed by atoms with Gasteiger partial charge in [0.1, 0.15) is 11.6 Å². The van der Waals surface area contributed by atoms with Crippen LogP contribution in [0.2, 0.25) is 0 Å². The summed E-state index contributed by atoms with van der Waals surface area (Å²) in [4.78, 5) is 17.7. The Kier molecular flexibility index (Phi) is 7.38. The molecule has 1 unspecified atom stereocenters. The fourth-order valence-corrected chi connectivity index (χ4v) is 7.29. The predicted octanol–water partition coefficient (Wildman–Crippen LogP) is 2.55. The van der Waals surface area contributed by atoms with Crippen LogP contribution in [0.15, 0.2) is 28.8 Å². The number of hydrogen-bond donors (Lipinski definition) is 3.